The van der Waals surface area contributed by atoms with Crippen LogP contribution in [-0.2, 0) is 7.05 Å². The van der Waals surface area contributed by atoms with E-state index < -0.39 is 0 Å². The van der Waals surface area contributed by atoms with E-state index in [1.807, 2.05) is 20.8 Å². The van der Waals surface area contributed by atoms with Crippen molar-refractivity contribution in [2.75, 3.05) is 5.32 Å². The van der Waals surface area contributed by atoms with Gasteiger partial charge in [0.15, 0.2) is 0 Å². The highest BCUT2D eigenvalue weighted by molar-refractivity contribution is 5.87. The van der Waals surface area contributed by atoms with Crippen molar-refractivity contribution in [3.63, 3.8) is 0 Å². The Balaban J connectivity index is 2.47. The van der Waals surface area contributed by atoms with E-state index in [1.54, 1.807) is 7.05 Å². The minimum Gasteiger partial charge on any atom is -0.335 e. The molecule has 0 aliphatic heterocycles. The average molecular weight is 211 g/mol. The molecule has 84 valence electrons. The molecule has 2 N–H and O–H groups in total. The van der Waals surface area contributed by atoms with Gasteiger partial charge < -0.3 is 5.32 Å². The third-order valence-electron chi connectivity index (χ3n) is 2.30. The van der Waals surface area contributed by atoms with Crippen molar-refractivity contribution in [3.05, 3.63) is 6.33 Å². The standard InChI is InChI=1S/C9H17N5O/c1-6(2)7(3)12-9(15)13-8-10-5-11-14(8)4/h5-7H,1-4H3,(H2,10,11,12,13,15). The Hall–Kier alpha value is -1.59. The second kappa shape index (κ2) is 4.77. The van der Waals surface area contributed by atoms with Gasteiger partial charge in [0.2, 0.25) is 5.95 Å². The summed E-state index contributed by atoms with van der Waals surface area (Å²) in [5, 5.41) is 9.28. The number of carbonyl (C=O) groups is 1. The summed E-state index contributed by atoms with van der Waals surface area (Å²) in [6, 6.07) is -0.134. The maximum absolute atomic E-state index is 11.5. The van der Waals surface area contributed by atoms with E-state index in [1.165, 1.54) is 11.0 Å². The fourth-order valence-electron chi connectivity index (χ4n) is 0.920. The Kier molecular flexibility index (Phi) is 3.65. The normalized spacial score (nSPS) is 12.6. The topological polar surface area (TPSA) is 71.8 Å². The summed E-state index contributed by atoms with van der Waals surface area (Å²) in [6.07, 6.45) is 1.39. The number of hydrogen-bond donors (Lipinski definition) is 2. The van der Waals surface area contributed by atoms with Gasteiger partial charge in [-0.2, -0.15) is 10.1 Å². The second-order valence-corrected chi connectivity index (χ2v) is 3.84. The molecule has 1 heterocycles. The molecule has 0 saturated heterocycles. The maximum atomic E-state index is 11.5. The van der Waals surface area contributed by atoms with Gasteiger partial charge in [-0.3, -0.25) is 5.32 Å². The Morgan fingerprint density at radius 3 is 2.60 bits per heavy atom. The van der Waals surface area contributed by atoms with Crippen LogP contribution < -0.4 is 10.6 Å². The average Bonchev–Trinajstić information content (AvgIpc) is 2.51. The minimum atomic E-state index is -0.257. The van der Waals surface area contributed by atoms with Crippen LogP contribution in [-0.4, -0.2) is 26.8 Å². The van der Waals surface area contributed by atoms with Gasteiger partial charge in [0, 0.05) is 13.1 Å². The lowest BCUT2D eigenvalue weighted by Gasteiger charge is -2.17. The van der Waals surface area contributed by atoms with E-state index in [4.69, 9.17) is 0 Å². The molecule has 0 aliphatic carbocycles. The first-order chi connectivity index (χ1) is 7.00. The summed E-state index contributed by atoms with van der Waals surface area (Å²) in [5.74, 6) is 0.832. The molecular weight excluding hydrogens is 194 g/mol. The Labute approximate surface area is 89.1 Å². The smallest absolute Gasteiger partial charge is 0.321 e. The molecule has 0 aliphatic rings. The maximum Gasteiger partial charge on any atom is 0.321 e. The monoisotopic (exact) mass is 211 g/mol. The molecule has 15 heavy (non-hydrogen) atoms. The molecule has 1 aromatic rings. The zero-order valence-electron chi connectivity index (χ0n) is 9.48. The highest BCUT2D eigenvalue weighted by atomic mass is 16.2. The lowest BCUT2D eigenvalue weighted by molar-refractivity contribution is 0.245. The van der Waals surface area contributed by atoms with Crippen molar-refractivity contribution >= 4 is 12.0 Å². The summed E-state index contributed by atoms with van der Waals surface area (Å²) in [6.45, 7) is 6.06. The molecule has 0 radical (unpaired) electrons. The quantitative estimate of drug-likeness (QED) is 0.782. The number of hydrogen-bond acceptors (Lipinski definition) is 3. The van der Waals surface area contributed by atoms with Gasteiger partial charge in [-0.25, -0.2) is 9.48 Å². The molecule has 1 atom stereocenters. The van der Waals surface area contributed by atoms with Gasteiger partial charge in [-0.15, -0.1) is 0 Å². The van der Waals surface area contributed by atoms with Gasteiger partial charge in [-0.05, 0) is 12.8 Å². The number of urea groups is 1. The van der Waals surface area contributed by atoms with Gasteiger partial charge >= 0.3 is 6.03 Å². The van der Waals surface area contributed by atoms with Crippen molar-refractivity contribution in [2.24, 2.45) is 13.0 Å². The van der Waals surface area contributed by atoms with Crippen LogP contribution in [0.3, 0.4) is 0 Å². The number of aryl methyl sites for hydroxylation is 1. The largest absolute Gasteiger partial charge is 0.335 e. The molecule has 0 fully saturated rings. The van der Waals surface area contributed by atoms with E-state index >= 15 is 0 Å². The minimum absolute atomic E-state index is 0.123. The highest BCUT2D eigenvalue weighted by Crippen LogP contribution is 2.01. The number of anilines is 1. The Morgan fingerprint density at radius 2 is 2.13 bits per heavy atom. The molecule has 0 aromatic carbocycles. The molecule has 2 amide bonds. The zero-order chi connectivity index (χ0) is 11.4. The zero-order valence-corrected chi connectivity index (χ0v) is 9.48. The van der Waals surface area contributed by atoms with Crippen LogP contribution in [0.4, 0.5) is 10.7 Å². The predicted octanol–water partition coefficient (Wildman–Crippen LogP) is 0.981. The number of nitrogens with zero attached hydrogens (tertiary/aromatic N) is 3. The SMILES string of the molecule is CC(C)C(C)NC(=O)Nc1ncnn1C. The van der Waals surface area contributed by atoms with Crippen molar-refractivity contribution in [1.82, 2.24) is 20.1 Å². The molecule has 6 heteroatoms. The van der Waals surface area contributed by atoms with Gasteiger partial charge in [-0.1, -0.05) is 13.8 Å². The molecule has 6 nitrogen and oxygen atoms in total. The van der Waals surface area contributed by atoms with Gasteiger partial charge in [0.25, 0.3) is 0 Å². The predicted molar refractivity (Wildman–Crippen MR) is 57.5 cm³/mol. The summed E-state index contributed by atoms with van der Waals surface area (Å²) < 4.78 is 1.50. The first-order valence-electron chi connectivity index (χ1n) is 4.92. The lowest BCUT2D eigenvalue weighted by atomic mass is 10.1. The van der Waals surface area contributed by atoms with Crippen molar-refractivity contribution < 1.29 is 4.79 Å². The first-order valence-corrected chi connectivity index (χ1v) is 4.92. The number of carbonyl (C=O) groups excluding carboxylic acids is 1. The summed E-state index contributed by atoms with van der Waals surface area (Å²) in [4.78, 5) is 15.4. The van der Waals surface area contributed by atoms with Crippen LogP contribution in [0.25, 0.3) is 0 Å². The first kappa shape index (κ1) is 11.5. The van der Waals surface area contributed by atoms with E-state index in [0.717, 1.165) is 0 Å². The number of aromatic nitrogens is 3. The van der Waals surface area contributed by atoms with Crippen LogP contribution >= 0.6 is 0 Å². The van der Waals surface area contributed by atoms with Crippen molar-refractivity contribution in [1.29, 1.82) is 0 Å². The number of amides is 2. The van der Waals surface area contributed by atoms with E-state index in [-0.39, 0.29) is 12.1 Å². The summed E-state index contributed by atoms with van der Waals surface area (Å²) >= 11 is 0. The molecule has 0 bridgehead atoms. The fraction of sp³-hybridized carbons (Fsp3) is 0.667. The van der Waals surface area contributed by atoms with Gasteiger partial charge in [0.05, 0.1) is 0 Å². The molecule has 1 aromatic heterocycles. The third kappa shape index (κ3) is 3.23. The molecule has 1 unspecified atom stereocenters. The summed E-state index contributed by atoms with van der Waals surface area (Å²) in [7, 11) is 1.72. The van der Waals surface area contributed by atoms with Crippen LogP contribution in [0.5, 0.6) is 0 Å². The fourth-order valence-corrected chi connectivity index (χ4v) is 0.920. The lowest BCUT2D eigenvalue weighted by Crippen LogP contribution is -2.39. The van der Waals surface area contributed by atoms with E-state index in [0.29, 0.717) is 11.9 Å². The second-order valence-electron chi connectivity index (χ2n) is 3.84. The summed E-state index contributed by atoms with van der Waals surface area (Å²) in [5.41, 5.74) is 0. The highest BCUT2D eigenvalue weighted by Gasteiger charge is 2.11. The van der Waals surface area contributed by atoms with Crippen molar-refractivity contribution in [2.45, 2.75) is 26.8 Å². The number of rotatable bonds is 3. The molecule has 0 saturated carbocycles. The number of nitrogens with one attached hydrogen (secondary N) is 2. The van der Waals surface area contributed by atoms with Crippen LogP contribution in [0, 0.1) is 5.92 Å². The Bertz CT molecular complexity index is 333. The molecule has 0 spiro atoms. The van der Waals surface area contributed by atoms with E-state index in [9.17, 15) is 4.79 Å². The van der Waals surface area contributed by atoms with Gasteiger partial charge in [0.1, 0.15) is 6.33 Å². The third-order valence-corrected chi connectivity index (χ3v) is 2.30. The van der Waals surface area contributed by atoms with Crippen LogP contribution in [0.15, 0.2) is 6.33 Å². The Morgan fingerprint density at radius 1 is 1.47 bits per heavy atom. The van der Waals surface area contributed by atoms with E-state index in [2.05, 4.69) is 20.7 Å². The van der Waals surface area contributed by atoms with Crippen molar-refractivity contribution in [3.8, 4) is 0 Å². The molecule has 1 rings (SSSR count). The van der Waals surface area contributed by atoms with Crippen LogP contribution in [0.1, 0.15) is 20.8 Å². The van der Waals surface area contributed by atoms with Crippen LogP contribution in [0.2, 0.25) is 0 Å². The molecular formula is C9H17N5O.